The smallest absolute Gasteiger partial charge is 0.317 e. The molecule has 0 aliphatic carbocycles. The largest absolute Gasteiger partial charge is 0.338 e. The first-order chi connectivity index (χ1) is 7.69. The SMILES string of the molecule is CCCCNC(=O)N1CCC(C)CC1CN. The lowest BCUT2D eigenvalue weighted by atomic mass is 9.93. The van der Waals surface area contributed by atoms with Gasteiger partial charge in [0.1, 0.15) is 0 Å². The molecule has 1 fully saturated rings. The van der Waals surface area contributed by atoms with Gasteiger partial charge in [-0.05, 0) is 25.2 Å². The molecule has 1 heterocycles. The van der Waals surface area contributed by atoms with Crippen molar-refractivity contribution >= 4 is 6.03 Å². The summed E-state index contributed by atoms with van der Waals surface area (Å²) < 4.78 is 0. The van der Waals surface area contributed by atoms with E-state index in [4.69, 9.17) is 5.73 Å². The predicted octanol–water partition coefficient (Wildman–Crippen LogP) is 1.56. The van der Waals surface area contributed by atoms with Gasteiger partial charge in [0.2, 0.25) is 0 Å². The summed E-state index contributed by atoms with van der Waals surface area (Å²) in [6, 6.07) is 0.293. The van der Waals surface area contributed by atoms with Gasteiger partial charge in [-0.3, -0.25) is 0 Å². The first-order valence-electron chi connectivity index (χ1n) is 6.43. The number of hydrogen-bond donors (Lipinski definition) is 2. The Morgan fingerprint density at radius 1 is 1.56 bits per heavy atom. The average Bonchev–Trinajstić information content (AvgIpc) is 2.29. The standard InChI is InChI=1S/C12H25N3O/c1-3-4-6-14-12(16)15-7-5-10(2)8-11(15)9-13/h10-11H,3-9,13H2,1-2H3,(H,14,16). The molecule has 0 bridgehead atoms. The number of likely N-dealkylation sites (tertiary alicyclic amines) is 1. The molecule has 2 atom stereocenters. The fraction of sp³-hybridized carbons (Fsp3) is 0.917. The highest BCUT2D eigenvalue weighted by Gasteiger charge is 2.28. The van der Waals surface area contributed by atoms with E-state index in [1.165, 1.54) is 0 Å². The van der Waals surface area contributed by atoms with E-state index in [9.17, 15) is 4.79 Å². The Kier molecular flexibility index (Phi) is 5.60. The highest BCUT2D eigenvalue weighted by molar-refractivity contribution is 5.74. The molecule has 16 heavy (non-hydrogen) atoms. The van der Waals surface area contributed by atoms with Crippen LogP contribution >= 0.6 is 0 Å². The number of carbonyl (C=O) groups is 1. The minimum absolute atomic E-state index is 0.0656. The van der Waals surface area contributed by atoms with Crippen molar-refractivity contribution in [2.75, 3.05) is 19.6 Å². The van der Waals surface area contributed by atoms with Gasteiger partial charge in [0.15, 0.2) is 0 Å². The molecule has 0 spiro atoms. The maximum atomic E-state index is 11.9. The molecular weight excluding hydrogens is 202 g/mol. The number of piperidine rings is 1. The maximum absolute atomic E-state index is 11.9. The third-order valence-corrected chi connectivity index (χ3v) is 3.32. The van der Waals surface area contributed by atoms with Crippen molar-refractivity contribution in [3.05, 3.63) is 0 Å². The number of unbranched alkanes of at least 4 members (excludes halogenated alkanes) is 1. The number of nitrogens with zero attached hydrogens (tertiary/aromatic N) is 1. The van der Waals surface area contributed by atoms with Crippen molar-refractivity contribution in [1.82, 2.24) is 10.2 Å². The van der Waals surface area contributed by atoms with Crippen molar-refractivity contribution in [2.24, 2.45) is 11.7 Å². The second-order valence-corrected chi connectivity index (χ2v) is 4.80. The van der Waals surface area contributed by atoms with Crippen molar-refractivity contribution in [1.29, 1.82) is 0 Å². The van der Waals surface area contributed by atoms with E-state index in [0.717, 1.165) is 38.8 Å². The highest BCUT2D eigenvalue weighted by atomic mass is 16.2. The van der Waals surface area contributed by atoms with E-state index in [0.29, 0.717) is 12.5 Å². The number of amides is 2. The van der Waals surface area contributed by atoms with Crippen molar-refractivity contribution < 1.29 is 4.79 Å². The fourth-order valence-electron chi connectivity index (χ4n) is 2.22. The number of urea groups is 1. The molecule has 0 aromatic heterocycles. The summed E-state index contributed by atoms with van der Waals surface area (Å²) in [7, 11) is 0. The monoisotopic (exact) mass is 227 g/mol. The van der Waals surface area contributed by atoms with Gasteiger partial charge in [0.25, 0.3) is 0 Å². The second-order valence-electron chi connectivity index (χ2n) is 4.80. The van der Waals surface area contributed by atoms with Crippen molar-refractivity contribution in [3.63, 3.8) is 0 Å². The van der Waals surface area contributed by atoms with Crippen LogP contribution in [0.25, 0.3) is 0 Å². The Morgan fingerprint density at radius 3 is 2.94 bits per heavy atom. The van der Waals surface area contributed by atoms with Crippen LogP contribution in [-0.4, -0.2) is 36.6 Å². The summed E-state index contributed by atoms with van der Waals surface area (Å²) >= 11 is 0. The van der Waals surface area contributed by atoms with Gasteiger partial charge in [-0.15, -0.1) is 0 Å². The van der Waals surface area contributed by atoms with Crippen LogP contribution in [0.15, 0.2) is 0 Å². The Morgan fingerprint density at radius 2 is 2.31 bits per heavy atom. The van der Waals surface area contributed by atoms with Crippen LogP contribution in [0, 0.1) is 5.92 Å². The molecule has 2 unspecified atom stereocenters. The van der Waals surface area contributed by atoms with Crippen LogP contribution in [0.4, 0.5) is 4.79 Å². The molecule has 4 nitrogen and oxygen atoms in total. The zero-order valence-corrected chi connectivity index (χ0v) is 10.5. The lowest BCUT2D eigenvalue weighted by Gasteiger charge is -2.37. The molecule has 0 saturated carbocycles. The molecule has 4 heteroatoms. The van der Waals surface area contributed by atoms with Gasteiger partial charge in [0.05, 0.1) is 0 Å². The van der Waals surface area contributed by atoms with Crippen LogP contribution in [0.2, 0.25) is 0 Å². The predicted molar refractivity (Wildman–Crippen MR) is 66.3 cm³/mol. The molecule has 2 amide bonds. The van der Waals surface area contributed by atoms with Gasteiger partial charge in [-0.25, -0.2) is 4.79 Å². The first-order valence-corrected chi connectivity index (χ1v) is 6.43. The van der Waals surface area contributed by atoms with Gasteiger partial charge in [0, 0.05) is 25.7 Å². The normalized spacial score (nSPS) is 25.6. The van der Waals surface area contributed by atoms with Crippen LogP contribution in [0.3, 0.4) is 0 Å². The topological polar surface area (TPSA) is 58.4 Å². The lowest BCUT2D eigenvalue weighted by molar-refractivity contribution is 0.135. The van der Waals surface area contributed by atoms with Crippen LogP contribution in [-0.2, 0) is 0 Å². The molecule has 0 aromatic rings. The lowest BCUT2D eigenvalue weighted by Crippen LogP contribution is -2.52. The number of carbonyl (C=O) groups excluding carboxylic acids is 1. The summed E-state index contributed by atoms with van der Waals surface area (Å²) in [4.78, 5) is 13.8. The minimum Gasteiger partial charge on any atom is -0.338 e. The summed E-state index contributed by atoms with van der Waals surface area (Å²) in [5.41, 5.74) is 5.73. The average molecular weight is 227 g/mol. The van der Waals surface area contributed by atoms with E-state index in [1.807, 2.05) is 4.90 Å². The van der Waals surface area contributed by atoms with E-state index in [-0.39, 0.29) is 12.1 Å². The molecule has 94 valence electrons. The van der Waals surface area contributed by atoms with E-state index < -0.39 is 0 Å². The summed E-state index contributed by atoms with van der Waals surface area (Å²) in [5.74, 6) is 0.688. The summed E-state index contributed by atoms with van der Waals surface area (Å²) in [6.45, 7) is 6.55. The van der Waals surface area contributed by atoms with Gasteiger partial charge in [-0.2, -0.15) is 0 Å². The van der Waals surface area contributed by atoms with Gasteiger partial charge >= 0.3 is 6.03 Å². The Labute approximate surface area is 98.6 Å². The quantitative estimate of drug-likeness (QED) is 0.716. The third-order valence-electron chi connectivity index (χ3n) is 3.32. The Balaban J connectivity index is 2.40. The third kappa shape index (κ3) is 3.67. The highest BCUT2D eigenvalue weighted by Crippen LogP contribution is 2.21. The Bertz CT molecular complexity index is 220. The number of nitrogens with one attached hydrogen (secondary N) is 1. The zero-order chi connectivity index (χ0) is 12.0. The van der Waals surface area contributed by atoms with Gasteiger partial charge in [-0.1, -0.05) is 20.3 Å². The number of rotatable bonds is 4. The van der Waals surface area contributed by atoms with Crippen LogP contribution in [0.5, 0.6) is 0 Å². The molecule has 1 saturated heterocycles. The second kappa shape index (κ2) is 6.74. The van der Waals surface area contributed by atoms with E-state index in [2.05, 4.69) is 19.2 Å². The summed E-state index contributed by atoms with van der Waals surface area (Å²) in [6.07, 6.45) is 4.29. The molecule has 0 aromatic carbocycles. The molecule has 1 aliphatic heterocycles. The molecule has 3 N–H and O–H groups in total. The Hall–Kier alpha value is -0.770. The van der Waals surface area contributed by atoms with Crippen molar-refractivity contribution in [2.45, 2.75) is 45.6 Å². The number of nitrogens with two attached hydrogens (primary N) is 1. The molecule has 1 aliphatic rings. The zero-order valence-electron chi connectivity index (χ0n) is 10.5. The summed E-state index contributed by atoms with van der Waals surface area (Å²) in [5, 5.41) is 2.96. The van der Waals surface area contributed by atoms with Gasteiger partial charge < -0.3 is 16.0 Å². The maximum Gasteiger partial charge on any atom is 0.317 e. The van der Waals surface area contributed by atoms with E-state index >= 15 is 0 Å². The van der Waals surface area contributed by atoms with Crippen LogP contribution in [0.1, 0.15) is 39.5 Å². The fourth-order valence-corrected chi connectivity index (χ4v) is 2.22. The number of hydrogen-bond acceptors (Lipinski definition) is 2. The minimum atomic E-state index is 0.0656. The molecular formula is C12H25N3O. The van der Waals surface area contributed by atoms with Crippen LogP contribution < -0.4 is 11.1 Å². The molecule has 0 radical (unpaired) electrons. The van der Waals surface area contributed by atoms with Crippen molar-refractivity contribution in [3.8, 4) is 0 Å². The first kappa shape index (κ1) is 13.3. The molecule has 1 rings (SSSR count). The van der Waals surface area contributed by atoms with E-state index in [1.54, 1.807) is 0 Å².